The van der Waals surface area contributed by atoms with Crippen molar-refractivity contribution in [1.82, 2.24) is 20.5 Å². The van der Waals surface area contributed by atoms with Gasteiger partial charge in [-0.2, -0.15) is 0 Å². The summed E-state index contributed by atoms with van der Waals surface area (Å²) in [6.07, 6.45) is 8.01. The number of primary amides is 1. The summed E-state index contributed by atoms with van der Waals surface area (Å²) >= 11 is 0. The number of aryl methyl sites for hydroxylation is 1. The Morgan fingerprint density at radius 1 is 0.921 bits per heavy atom. The first kappa shape index (κ1) is 50.6. The second-order valence-corrected chi connectivity index (χ2v) is 21.8. The number of carbonyl (C=O) groups excluding carboxylic acids is 5. The van der Waals surface area contributed by atoms with E-state index in [1.807, 2.05) is 58.2 Å². The maximum atomic E-state index is 14.7. The van der Waals surface area contributed by atoms with Gasteiger partial charge in [0.2, 0.25) is 31.0 Å². The van der Waals surface area contributed by atoms with E-state index >= 15 is 0 Å². The molecule has 3 aromatic rings. The summed E-state index contributed by atoms with van der Waals surface area (Å²) in [6.45, 7) is 23.2. The van der Waals surface area contributed by atoms with Gasteiger partial charge in [0.1, 0.15) is 17.2 Å². The molecule has 1 aliphatic rings. The van der Waals surface area contributed by atoms with Crippen LogP contribution in [0.15, 0.2) is 80.0 Å². The number of nitrogens with two attached hydrogens (primary N) is 1. The highest BCUT2D eigenvalue weighted by molar-refractivity contribution is 7.57. The van der Waals surface area contributed by atoms with Crippen molar-refractivity contribution in [3.05, 3.63) is 96.7 Å². The molecule has 63 heavy (non-hydrogen) atoms. The Labute approximate surface area is 373 Å². The molecule has 4 rings (SSSR count). The molecule has 0 bridgehead atoms. The van der Waals surface area contributed by atoms with Gasteiger partial charge in [-0.05, 0) is 108 Å². The van der Waals surface area contributed by atoms with Gasteiger partial charge in [-0.1, -0.05) is 67.3 Å². The van der Waals surface area contributed by atoms with Crippen LogP contribution < -0.4 is 21.7 Å². The molecule has 1 fully saturated rings. The van der Waals surface area contributed by atoms with Gasteiger partial charge >= 0.3 is 5.97 Å². The van der Waals surface area contributed by atoms with Crippen LogP contribution in [-0.2, 0) is 50.5 Å². The van der Waals surface area contributed by atoms with E-state index in [-0.39, 0.29) is 37.9 Å². The zero-order valence-corrected chi connectivity index (χ0v) is 39.5. The van der Waals surface area contributed by atoms with Gasteiger partial charge < -0.3 is 35.5 Å². The molecule has 1 heterocycles. The molecule has 1 unspecified atom stereocenters. The normalized spacial score (nSPS) is 17.0. The predicted molar refractivity (Wildman–Crippen MR) is 249 cm³/mol. The average molecular weight is 888 g/mol. The van der Waals surface area contributed by atoms with Crippen molar-refractivity contribution in [2.45, 2.75) is 141 Å². The van der Waals surface area contributed by atoms with Crippen molar-refractivity contribution in [2.24, 2.45) is 17.6 Å². The standard InChI is InChI=1S/C49H70N5O8P/c1-11-16-35(31-54-26-23-37-27-33(3)17-22-41(37)54)30-51-45(58)40(29-42(50)55)52-46(59)49(24-14-13-15-25-49)53-44(57)39(28-43(56)61-47(4,5)6)38(12-2)36-20-18-34(19-21-36)32-63(10,60)62-48(7,8)9/h11-12,17-23,26-27,35,38-40H,1-2,13-16,24-25,28-32H2,3-10H3,(H2,50,55)(H,51,58)(H,52,59)(H,53,57)/t35-,38+,39-,40-,63?/m0/s1. The van der Waals surface area contributed by atoms with Crippen molar-refractivity contribution in [3.8, 4) is 0 Å². The monoisotopic (exact) mass is 887 g/mol. The number of ether oxygens (including phenoxy) is 1. The number of fused-ring (bicyclic) bond motifs is 1. The molecular formula is C49H70N5O8P. The van der Waals surface area contributed by atoms with Crippen LogP contribution >= 0.6 is 7.37 Å². The van der Waals surface area contributed by atoms with E-state index in [1.54, 1.807) is 39.6 Å². The Balaban J connectivity index is 1.57. The van der Waals surface area contributed by atoms with Crippen LogP contribution in [0.5, 0.6) is 0 Å². The summed E-state index contributed by atoms with van der Waals surface area (Å²) < 4.78 is 27.0. The number of hydrogen-bond donors (Lipinski definition) is 4. The number of aromatic nitrogens is 1. The molecule has 13 nitrogen and oxygen atoms in total. The minimum atomic E-state index is -2.99. The first-order valence-corrected chi connectivity index (χ1v) is 24.2. The van der Waals surface area contributed by atoms with E-state index in [2.05, 4.69) is 57.9 Å². The number of nitrogens with one attached hydrogen (secondary N) is 3. The topological polar surface area (TPSA) is 188 Å². The Morgan fingerprint density at radius 2 is 1.59 bits per heavy atom. The SMILES string of the molecule is C=CC[C@@H](CNC(=O)[C@H](CC(N)=O)NC(=O)C1(NC(=O)[C@@H](CC(=O)OC(C)(C)C)[C@H](C=C)c2ccc(CP(C)(=O)OC(C)(C)C)cc2)CCCCC1)Cn1ccc2cc(C)ccc21. The Hall–Kier alpha value is -5.00. The number of allylic oxidation sites excluding steroid dienone is 2. The molecule has 2 aromatic carbocycles. The Morgan fingerprint density at radius 3 is 2.17 bits per heavy atom. The lowest BCUT2D eigenvalue weighted by Crippen LogP contribution is -2.64. The zero-order valence-electron chi connectivity index (χ0n) is 38.6. The fraction of sp³-hybridized carbons (Fsp3) is 0.531. The number of amides is 4. The highest BCUT2D eigenvalue weighted by Crippen LogP contribution is 2.50. The molecule has 344 valence electrons. The third-order valence-corrected chi connectivity index (χ3v) is 13.0. The fourth-order valence-corrected chi connectivity index (χ4v) is 10.5. The molecule has 0 aliphatic heterocycles. The number of hydrogen-bond acceptors (Lipinski definition) is 8. The van der Waals surface area contributed by atoms with Crippen LogP contribution in [0.4, 0.5) is 0 Å². The molecule has 5 atom stereocenters. The molecule has 1 aliphatic carbocycles. The van der Waals surface area contributed by atoms with Gasteiger partial charge in [-0.25, -0.2) is 0 Å². The lowest BCUT2D eigenvalue weighted by atomic mass is 9.78. The first-order valence-electron chi connectivity index (χ1n) is 22.0. The molecule has 14 heteroatoms. The number of nitrogens with zero attached hydrogens (tertiary/aromatic N) is 1. The molecule has 0 radical (unpaired) electrons. The first-order chi connectivity index (χ1) is 29.4. The van der Waals surface area contributed by atoms with Gasteiger partial charge in [0.15, 0.2) is 0 Å². The zero-order chi connectivity index (χ0) is 46.8. The van der Waals surface area contributed by atoms with E-state index in [0.717, 1.165) is 28.5 Å². The van der Waals surface area contributed by atoms with E-state index < -0.39 is 78.0 Å². The maximum absolute atomic E-state index is 14.7. The second kappa shape index (κ2) is 21.6. The van der Waals surface area contributed by atoms with Crippen LogP contribution in [0.3, 0.4) is 0 Å². The van der Waals surface area contributed by atoms with Gasteiger partial charge in [0.25, 0.3) is 0 Å². The minimum absolute atomic E-state index is 0.0518. The minimum Gasteiger partial charge on any atom is -0.460 e. The van der Waals surface area contributed by atoms with E-state index in [1.165, 1.54) is 0 Å². The van der Waals surface area contributed by atoms with Gasteiger partial charge in [0, 0.05) is 43.5 Å². The predicted octanol–water partition coefficient (Wildman–Crippen LogP) is 7.98. The molecule has 0 saturated heterocycles. The van der Waals surface area contributed by atoms with E-state index in [9.17, 15) is 28.5 Å². The van der Waals surface area contributed by atoms with Crippen molar-refractivity contribution in [2.75, 3.05) is 13.2 Å². The summed E-state index contributed by atoms with van der Waals surface area (Å²) in [5.74, 6) is -4.95. The molecule has 5 N–H and O–H groups in total. The van der Waals surface area contributed by atoms with Gasteiger partial charge in [-0.3, -0.25) is 28.5 Å². The summed E-state index contributed by atoms with van der Waals surface area (Å²) in [5.41, 5.74) is 6.43. The molecular weight excluding hydrogens is 818 g/mol. The summed E-state index contributed by atoms with van der Waals surface area (Å²) in [7, 11) is -2.99. The van der Waals surface area contributed by atoms with Gasteiger partial charge in [0.05, 0.1) is 24.4 Å². The largest absolute Gasteiger partial charge is 0.460 e. The van der Waals surface area contributed by atoms with Crippen molar-refractivity contribution < 1.29 is 37.8 Å². The summed E-state index contributed by atoms with van der Waals surface area (Å²) in [4.78, 5) is 68.8. The number of esters is 1. The number of carbonyl (C=O) groups is 5. The average Bonchev–Trinajstić information content (AvgIpc) is 3.56. The molecule has 4 amide bonds. The summed E-state index contributed by atoms with van der Waals surface area (Å²) in [6, 6.07) is 14.2. The number of rotatable bonds is 21. The highest BCUT2D eigenvalue weighted by Gasteiger charge is 2.45. The van der Waals surface area contributed by atoms with E-state index in [4.69, 9.17) is 15.0 Å². The molecule has 1 aromatic heterocycles. The highest BCUT2D eigenvalue weighted by atomic mass is 31.2. The van der Waals surface area contributed by atoms with Crippen LogP contribution in [0.2, 0.25) is 0 Å². The third kappa shape index (κ3) is 15.3. The van der Waals surface area contributed by atoms with E-state index in [0.29, 0.717) is 31.4 Å². The Kier molecular flexibility index (Phi) is 17.4. The maximum Gasteiger partial charge on any atom is 0.307 e. The van der Waals surface area contributed by atoms with Crippen LogP contribution in [0.25, 0.3) is 10.9 Å². The van der Waals surface area contributed by atoms with Crippen LogP contribution in [-0.4, -0.2) is 70.2 Å². The molecule has 1 saturated carbocycles. The second-order valence-electron chi connectivity index (χ2n) is 19.3. The van der Waals surface area contributed by atoms with Crippen LogP contribution in [0, 0.1) is 18.8 Å². The van der Waals surface area contributed by atoms with Crippen molar-refractivity contribution >= 4 is 47.9 Å². The van der Waals surface area contributed by atoms with Crippen LogP contribution in [0.1, 0.15) is 116 Å². The lowest BCUT2D eigenvalue weighted by Gasteiger charge is -2.39. The lowest BCUT2D eigenvalue weighted by molar-refractivity contribution is -0.157. The Bertz CT molecular complexity index is 2160. The summed E-state index contributed by atoms with van der Waals surface area (Å²) in [5, 5.41) is 9.87. The smallest absolute Gasteiger partial charge is 0.307 e. The van der Waals surface area contributed by atoms with Crippen molar-refractivity contribution in [1.29, 1.82) is 0 Å². The number of benzene rings is 2. The van der Waals surface area contributed by atoms with Gasteiger partial charge in [-0.15, -0.1) is 13.2 Å². The quantitative estimate of drug-likeness (QED) is 0.0471. The fourth-order valence-electron chi connectivity index (χ4n) is 8.45. The van der Waals surface area contributed by atoms with Crippen molar-refractivity contribution in [3.63, 3.8) is 0 Å². The molecule has 0 spiro atoms. The third-order valence-electron chi connectivity index (χ3n) is 11.1.